The van der Waals surface area contributed by atoms with E-state index >= 15 is 0 Å². The Morgan fingerprint density at radius 1 is 0.759 bits per heavy atom. The molecule has 0 amide bonds. The monoisotopic (exact) mass is 450 g/mol. The van der Waals surface area contributed by atoms with Gasteiger partial charge in [-0.2, -0.15) is 0 Å². The van der Waals surface area contributed by atoms with E-state index in [0.717, 1.165) is 5.56 Å². The molecule has 2 N–H and O–H groups in total. The molecule has 152 valence electrons. The first-order chi connectivity index (χ1) is 13.6. The molecule has 0 radical (unpaired) electrons. The summed E-state index contributed by atoms with van der Waals surface area (Å²) >= 11 is 6.01. The number of anilines is 2. The van der Waals surface area contributed by atoms with E-state index in [9.17, 15) is 16.8 Å². The lowest BCUT2D eigenvalue weighted by molar-refractivity contribution is 0.598. The summed E-state index contributed by atoms with van der Waals surface area (Å²) in [6.07, 6.45) is 0. The van der Waals surface area contributed by atoms with Crippen LogP contribution in [0.3, 0.4) is 0 Å². The van der Waals surface area contributed by atoms with Crippen LogP contribution in [0.4, 0.5) is 11.4 Å². The third-order valence-corrected chi connectivity index (χ3v) is 7.37. The van der Waals surface area contributed by atoms with Gasteiger partial charge in [0.05, 0.1) is 26.2 Å². The average Bonchev–Trinajstić information content (AvgIpc) is 2.63. The first-order valence-corrected chi connectivity index (χ1v) is 11.9. The summed E-state index contributed by atoms with van der Waals surface area (Å²) in [5.41, 5.74) is 1.91. The smallest absolute Gasteiger partial charge is 0.262 e. The van der Waals surface area contributed by atoms with Gasteiger partial charge in [-0.05, 0) is 55.8 Å². The van der Waals surface area contributed by atoms with Crippen molar-refractivity contribution in [2.75, 3.05) is 9.44 Å². The lowest BCUT2D eigenvalue weighted by Crippen LogP contribution is -2.16. The predicted molar refractivity (Wildman–Crippen MR) is 115 cm³/mol. The van der Waals surface area contributed by atoms with Crippen LogP contribution in [-0.4, -0.2) is 16.8 Å². The van der Waals surface area contributed by atoms with Gasteiger partial charge in [-0.1, -0.05) is 47.5 Å². The number of hydrogen-bond donors (Lipinski definition) is 2. The summed E-state index contributed by atoms with van der Waals surface area (Å²) in [5.74, 6) is 0. The Kier molecular flexibility index (Phi) is 5.88. The van der Waals surface area contributed by atoms with Crippen LogP contribution in [0, 0.1) is 13.8 Å². The molecule has 3 rings (SSSR count). The minimum atomic E-state index is -3.96. The molecule has 3 aromatic rings. The van der Waals surface area contributed by atoms with Crippen LogP contribution >= 0.6 is 11.6 Å². The summed E-state index contributed by atoms with van der Waals surface area (Å²) in [4.78, 5) is 0.0313. The number of sulfonamides is 2. The van der Waals surface area contributed by atoms with Crippen molar-refractivity contribution in [3.05, 3.63) is 82.9 Å². The lowest BCUT2D eigenvalue weighted by Gasteiger charge is -2.13. The van der Waals surface area contributed by atoms with Gasteiger partial charge in [-0.15, -0.1) is 0 Å². The van der Waals surface area contributed by atoms with E-state index in [-0.39, 0.29) is 26.2 Å². The van der Waals surface area contributed by atoms with Crippen LogP contribution in [0.1, 0.15) is 11.1 Å². The number of nitrogens with one attached hydrogen (secondary N) is 2. The van der Waals surface area contributed by atoms with Gasteiger partial charge in [0.1, 0.15) is 0 Å². The van der Waals surface area contributed by atoms with Gasteiger partial charge in [0.2, 0.25) is 0 Å². The molecule has 0 atom stereocenters. The maximum absolute atomic E-state index is 12.7. The Balaban J connectivity index is 1.90. The summed E-state index contributed by atoms with van der Waals surface area (Å²) in [5, 5.41) is 0.253. The van der Waals surface area contributed by atoms with Crippen molar-refractivity contribution in [1.82, 2.24) is 0 Å². The van der Waals surface area contributed by atoms with Crippen LogP contribution in [0.25, 0.3) is 0 Å². The first kappa shape index (κ1) is 21.2. The van der Waals surface area contributed by atoms with Gasteiger partial charge in [0.15, 0.2) is 0 Å². The molecular weight excluding hydrogens is 432 g/mol. The van der Waals surface area contributed by atoms with Crippen molar-refractivity contribution >= 4 is 43.0 Å². The van der Waals surface area contributed by atoms with E-state index in [2.05, 4.69) is 9.44 Å². The summed E-state index contributed by atoms with van der Waals surface area (Å²) in [7, 11) is -7.84. The van der Waals surface area contributed by atoms with Gasteiger partial charge in [0, 0.05) is 0 Å². The van der Waals surface area contributed by atoms with Crippen molar-refractivity contribution < 1.29 is 16.8 Å². The second-order valence-corrected chi connectivity index (χ2v) is 10.2. The lowest BCUT2D eigenvalue weighted by atomic mass is 10.2. The number of rotatable bonds is 6. The van der Waals surface area contributed by atoms with E-state index in [0.29, 0.717) is 5.56 Å². The Hall–Kier alpha value is -2.55. The Bertz CT molecular complexity index is 1270. The summed E-state index contributed by atoms with van der Waals surface area (Å²) in [6.45, 7) is 3.58. The molecular formula is C20H19ClN2O4S2. The van der Waals surface area contributed by atoms with Gasteiger partial charge in [-0.3, -0.25) is 9.44 Å². The summed E-state index contributed by atoms with van der Waals surface area (Å²) in [6, 6.07) is 17.0. The zero-order valence-electron chi connectivity index (χ0n) is 15.7. The van der Waals surface area contributed by atoms with Crippen LogP contribution < -0.4 is 9.44 Å². The molecule has 0 aromatic heterocycles. The number of aryl methyl sites for hydroxylation is 2. The Labute approximate surface area is 175 Å². The molecule has 0 unspecified atom stereocenters. The molecule has 0 heterocycles. The molecule has 3 aromatic carbocycles. The van der Waals surface area contributed by atoms with Gasteiger partial charge in [-0.25, -0.2) is 16.8 Å². The number of hydrogen-bond acceptors (Lipinski definition) is 4. The minimum absolute atomic E-state index is 0.0988. The van der Waals surface area contributed by atoms with Gasteiger partial charge >= 0.3 is 0 Å². The fourth-order valence-electron chi connectivity index (χ4n) is 2.79. The van der Waals surface area contributed by atoms with Gasteiger partial charge in [0.25, 0.3) is 20.0 Å². The summed E-state index contributed by atoms with van der Waals surface area (Å²) < 4.78 is 55.7. The zero-order valence-corrected chi connectivity index (χ0v) is 18.1. The first-order valence-electron chi connectivity index (χ1n) is 8.56. The molecule has 0 saturated carbocycles. The minimum Gasteiger partial charge on any atom is -0.280 e. The maximum atomic E-state index is 12.7. The molecule has 0 bridgehead atoms. The number of benzene rings is 3. The van der Waals surface area contributed by atoms with E-state index in [1.54, 1.807) is 37.3 Å². The quantitative estimate of drug-likeness (QED) is 0.575. The van der Waals surface area contributed by atoms with Crippen LogP contribution in [-0.2, 0) is 20.0 Å². The second kappa shape index (κ2) is 8.06. The van der Waals surface area contributed by atoms with E-state index in [1.165, 1.54) is 36.4 Å². The molecule has 0 aliphatic carbocycles. The van der Waals surface area contributed by atoms with Crippen LogP contribution in [0.2, 0.25) is 5.02 Å². The maximum Gasteiger partial charge on any atom is 0.262 e. The van der Waals surface area contributed by atoms with Crippen molar-refractivity contribution in [2.45, 2.75) is 23.6 Å². The van der Waals surface area contributed by atoms with Crippen LogP contribution in [0.15, 0.2) is 76.5 Å². The zero-order chi connectivity index (χ0) is 21.2. The van der Waals surface area contributed by atoms with Gasteiger partial charge < -0.3 is 0 Å². The SMILES string of the molecule is Cc1ccc(S(=O)(=O)Nc2cccc(S(=O)(=O)Nc3ccccc3Cl)c2)c(C)c1. The molecule has 0 aliphatic heterocycles. The molecule has 6 nitrogen and oxygen atoms in total. The second-order valence-electron chi connectivity index (χ2n) is 6.49. The highest BCUT2D eigenvalue weighted by Crippen LogP contribution is 2.26. The standard InChI is InChI=1S/C20H19ClN2O4S2/c1-14-10-11-20(15(2)12-14)29(26,27)22-16-6-5-7-17(13-16)28(24,25)23-19-9-4-3-8-18(19)21/h3-13,22-23H,1-2H3. The highest BCUT2D eigenvalue weighted by molar-refractivity contribution is 7.93. The number of halogens is 1. The topological polar surface area (TPSA) is 92.3 Å². The predicted octanol–water partition coefficient (Wildman–Crippen LogP) is 4.56. The van der Waals surface area contributed by atoms with Crippen molar-refractivity contribution in [2.24, 2.45) is 0 Å². The molecule has 9 heteroatoms. The Morgan fingerprint density at radius 3 is 2.17 bits per heavy atom. The highest BCUT2D eigenvalue weighted by Gasteiger charge is 2.20. The molecule has 29 heavy (non-hydrogen) atoms. The molecule has 0 fully saturated rings. The largest absolute Gasteiger partial charge is 0.280 e. The van der Waals surface area contributed by atoms with Crippen molar-refractivity contribution in [3.8, 4) is 0 Å². The normalized spacial score (nSPS) is 11.8. The van der Waals surface area contributed by atoms with E-state index < -0.39 is 20.0 Å². The third kappa shape index (κ3) is 4.90. The van der Waals surface area contributed by atoms with E-state index in [4.69, 9.17) is 11.6 Å². The molecule has 0 aliphatic rings. The average molecular weight is 451 g/mol. The van der Waals surface area contributed by atoms with Crippen molar-refractivity contribution in [1.29, 1.82) is 0 Å². The van der Waals surface area contributed by atoms with E-state index in [1.807, 2.05) is 6.92 Å². The third-order valence-electron chi connectivity index (χ3n) is 4.13. The number of para-hydroxylation sites is 1. The fourth-order valence-corrected chi connectivity index (χ4v) is 5.43. The Morgan fingerprint density at radius 2 is 1.48 bits per heavy atom. The van der Waals surface area contributed by atoms with Crippen LogP contribution in [0.5, 0.6) is 0 Å². The van der Waals surface area contributed by atoms with Crippen molar-refractivity contribution in [3.63, 3.8) is 0 Å². The molecule has 0 spiro atoms. The fraction of sp³-hybridized carbons (Fsp3) is 0.100. The highest BCUT2D eigenvalue weighted by atomic mass is 35.5. The molecule has 0 saturated heterocycles.